The topological polar surface area (TPSA) is 32.6 Å². The van der Waals surface area contributed by atoms with Gasteiger partial charge in [0.15, 0.2) is 0 Å². The fourth-order valence-corrected chi connectivity index (χ4v) is 5.64. The lowest BCUT2D eigenvalue weighted by Crippen LogP contribution is -2.50. The third kappa shape index (κ3) is 1.19. The molecule has 3 fully saturated rings. The minimum atomic E-state index is 0.306. The van der Waals surface area contributed by atoms with E-state index in [9.17, 15) is 0 Å². The van der Waals surface area contributed by atoms with Crippen molar-refractivity contribution in [3.63, 3.8) is 0 Å². The van der Waals surface area contributed by atoms with Gasteiger partial charge in [0, 0.05) is 0 Å². The molecule has 96 valence electrons. The van der Waals surface area contributed by atoms with Crippen LogP contribution >= 0.6 is 0 Å². The first-order chi connectivity index (χ1) is 7.83. The van der Waals surface area contributed by atoms with E-state index in [-0.39, 0.29) is 0 Å². The summed E-state index contributed by atoms with van der Waals surface area (Å²) in [7, 11) is 0. The molecule has 1 N–H and O–H groups in total. The van der Waals surface area contributed by atoms with E-state index in [2.05, 4.69) is 32.9 Å². The largest absolute Gasteiger partial charge is 0.411 e. The van der Waals surface area contributed by atoms with E-state index in [1.165, 1.54) is 19.3 Å². The van der Waals surface area contributed by atoms with Crippen LogP contribution in [0, 0.1) is 28.1 Å². The van der Waals surface area contributed by atoms with Crippen LogP contribution in [0.3, 0.4) is 0 Å². The molecule has 0 aromatic carbocycles. The van der Waals surface area contributed by atoms with Gasteiger partial charge >= 0.3 is 0 Å². The van der Waals surface area contributed by atoms with Gasteiger partial charge in [-0.2, -0.15) is 0 Å². The van der Waals surface area contributed by atoms with Gasteiger partial charge < -0.3 is 5.21 Å². The monoisotopic (exact) mass is 235 g/mol. The molecule has 2 nitrogen and oxygen atoms in total. The Labute approximate surface area is 104 Å². The van der Waals surface area contributed by atoms with E-state index in [0.717, 1.165) is 30.4 Å². The van der Waals surface area contributed by atoms with E-state index in [1.54, 1.807) is 0 Å². The molecule has 0 aromatic heterocycles. The molecular weight excluding hydrogens is 210 g/mol. The molecule has 0 aliphatic heterocycles. The van der Waals surface area contributed by atoms with E-state index in [4.69, 9.17) is 5.21 Å². The molecule has 3 rings (SSSR count). The molecule has 3 aliphatic carbocycles. The summed E-state index contributed by atoms with van der Waals surface area (Å²) in [6, 6.07) is 0. The van der Waals surface area contributed by atoms with Gasteiger partial charge in [-0.1, -0.05) is 32.9 Å². The molecule has 3 aliphatic rings. The van der Waals surface area contributed by atoms with Crippen LogP contribution in [-0.2, 0) is 0 Å². The summed E-state index contributed by atoms with van der Waals surface area (Å²) in [5.74, 6) is 1.62. The molecule has 0 heterocycles. The fraction of sp³-hybridized carbons (Fsp3) is 0.933. The number of fused-ring (bicyclic) bond motifs is 1. The van der Waals surface area contributed by atoms with Gasteiger partial charge in [-0.25, -0.2) is 0 Å². The number of rotatable bonds is 0. The summed E-state index contributed by atoms with van der Waals surface area (Å²) in [5.41, 5.74) is 2.30. The fourth-order valence-electron chi connectivity index (χ4n) is 5.64. The van der Waals surface area contributed by atoms with Crippen molar-refractivity contribution in [1.29, 1.82) is 0 Å². The highest BCUT2D eigenvalue weighted by Gasteiger charge is 2.67. The lowest BCUT2D eigenvalue weighted by atomic mass is 9.49. The van der Waals surface area contributed by atoms with Gasteiger partial charge in [-0.15, -0.1) is 0 Å². The van der Waals surface area contributed by atoms with Gasteiger partial charge in [0.2, 0.25) is 0 Å². The Morgan fingerprint density at radius 3 is 2.59 bits per heavy atom. The SMILES string of the molecule is CC1(C)C2CCC3(C2)C1C/C(=N\O)CC3(C)C. The lowest BCUT2D eigenvalue weighted by Gasteiger charge is -2.55. The van der Waals surface area contributed by atoms with Crippen molar-refractivity contribution in [3.8, 4) is 0 Å². The molecule has 3 atom stereocenters. The molecule has 2 bridgehead atoms. The maximum Gasteiger partial charge on any atom is 0.0579 e. The van der Waals surface area contributed by atoms with Crippen molar-refractivity contribution in [2.45, 2.75) is 59.8 Å². The lowest BCUT2D eigenvalue weighted by molar-refractivity contribution is -0.0330. The minimum absolute atomic E-state index is 0.306. The summed E-state index contributed by atoms with van der Waals surface area (Å²) < 4.78 is 0. The van der Waals surface area contributed by atoms with Crippen LogP contribution in [0.1, 0.15) is 59.8 Å². The molecule has 1 spiro atoms. The Balaban J connectivity index is 2.08. The maximum atomic E-state index is 9.17. The number of hydrogen-bond donors (Lipinski definition) is 1. The maximum absolute atomic E-state index is 9.17. The van der Waals surface area contributed by atoms with Crippen molar-refractivity contribution >= 4 is 5.71 Å². The van der Waals surface area contributed by atoms with Crippen molar-refractivity contribution < 1.29 is 5.21 Å². The Bertz CT molecular complexity index is 382. The van der Waals surface area contributed by atoms with E-state index >= 15 is 0 Å². The summed E-state index contributed by atoms with van der Waals surface area (Å²) in [5, 5.41) is 12.7. The molecular formula is C15H25NO. The molecule has 2 heteroatoms. The van der Waals surface area contributed by atoms with Crippen molar-refractivity contribution in [3.05, 3.63) is 0 Å². The highest BCUT2D eigenvalue weighted by molar-refractivity contribution is 5.86. The zero-order chi connectivity index (χ0) is 12.5. The van der Waals surface area contributed by atoms with E-state index in [1.807, 2.05) is 0 Å². The molecule has 0 amide bonds. The first-order valence-electron chi connectivity index (χ1n) is 7.03. The zero-order valence-electron chi connectivity index (χ0n) is 11.6. The number of hydrogen-bond acceptors (Lipinski definition) is 2. The standard InChI is InChI=1S/C15H25NO/c1-13(2)9-11(16-17)7-12-14(3,4)10-5-6-15(12,13)8-10/h10,12,17H,5-9H2,1-4H3/b16-11+. The minimum Gasteiger partial charge on any atom is -0.411 e. The van der Waals surface area contributed by atoms with Crippen LogP contribution in [-0.4, -0.2) is 10.9 Å². The second-order valence-electron chi connectivity index (χ2n) is 7.90. The highest BCUT2D eigenvalue weighted by atomic mass is 16.4. The van der Waals surface area contributed by atoms with Crippen molar-refractivity contribution in [1.82, 2.24) is 0 Å². The van der Waals surface area contributed by atoms with Gasteiger partial charge in [0.1, 0.15) is 0 Å². The smallest absolute Gasteiger partial charge is 0.0579 e. The zero-order valence-corrected chi connectivity index (χ0v) is 11.6. The van der Waals surface area contributed by atoms with Gasteiger partial charge in [-0.05, 0) is 60.2 Å². The van der Waals surface area contributed by atoms with Crippen LogP contribution in [0.25, 0.3) is 0 Å². The Morgan fingerprint density at radius 2 is 1.94 bits per heavy atom. The predicted molar refractivity (Wildman–Crippen MR) is 69.3 cm³/mol. The van der Waals surface area contributed by atoms with Gasteiger partial charge in [-0.3, -0.25) is 0 Å². The Hall–Kier alpha value is -0.530. The van der Waals surface area contributed by atoms with Crippen LogP contribution in [0.5, 0.6) is 0 Å². The van der Waals surface area contributed by atoms with Gasteiger partial charge in [0.25, 0.3) is 0 Å². The van der Waals surface area contributed by atoms with Crippen LogP contribution in [0.2, 0.25) is 0 Å². The Morgan fingerprint density at radius 1 is 1.24 bits per heavy atom. The van der Waals surface area contributed by atoms with Crippen LogP contribution in [0.15, 0.2) is 5.16 Å². The third-order valence-electron chi connectivity index (χ3n) is 6.74. The molecule has 0 saturated heterocycles. The third-order valence-corrected chi connectivity index (χ3v) is 6.74. The van der Waals surface area contributed by atoms with Crippen LogP contribution < -0.4 is 0 Å². The summed E-state index contributed by atoms with van der Waals surface area (Å²) in [6.07, 6.45) is 6.25. The highest BCUT2D eigenvalue weighted by Crippen LogP contribution is 2.74. The number of nitrogens with zero attached hydrogens (tertiary/aromatic N) is 1. The quantitative estimate of drug-likeness (QED) is 0.498. The summed E-state index contributed by atoms with van der Waals surface area (Å²) >= 11 is 0. The van der Waals surface area contributed by atoms with Crippen molar-refractivity contribution in [2.24, 2.45) is 33.2 Å². The number of oxime groups is 1. The van der Waals surface area contributed by atoms with Gasteiger partial charge in [0.05, 0.1) is 5.71 Å². The van der Waals surface area contributed by atoms with E-state index < -0.39 is 0 Å². The van der Waals surface area contributed by atoms with E-state index in [0.29, 0.717) is 16.2 Å². The average Bonchev–Trinajstić information content (AvgIpc) is 2.75. The second-order valence-corrected chi connectivity index (χ2v) is 7.90. The molecule has 17 heavy (non-hydrogen) atoms. The Kier molecular flexibility index (Phi) is 2.09. The first kappa shape index (κ1) is 11.6. The molecule has 3 unspecified atom stereocenters. The summed E-state index contributed by atoms with van der Waals surface area (Å²) in [4.78, 5) is 0. The molecule has 0 aromatic rings. The molecule has 0 radical (unpaired) electrons. The van der Waals surface area contributed by atoms with Crippen LogP contribution in [0.4, 0.5) is 0 Å². The van der Waals surface area contributed by atoms with Crippen molar-refractivity contribution in [2.75, 3.05) is 0 Å². The second kappa shape index (κ2) is 3.07. The summed E-state index contributed by atoms with van der Waals surface area (Å²) in [6.45, 7) is 9.68. The average molecular weight is 235 g/mol. The molecule has 3 saturated carbocycles. The first-order valence-corrected chi connectivity index (χ1v) is 7.03. The predicted octanol–water partition coefficient (Wildman–Crippen LogP) is 4.08. The normalized spacial score (nSPS) is 48.4.